The zero-order chi connectivity index (χ0) is 44.1. The van der Waals surface area contributed by atoms with E-state index in [0.717, 1.165) is 50.6 Å². The summed E-state index contributed by atoms with van der Waals surface area (Å²) in [6.07, 6.45) is 56.8. The Labute approximate surface area is 375 Å². The zero-order valence-electron chi connectivity index (χ0n) is 40.7. The minimum absolute atomic E-state index is 0.250. The number of carbonyl (C=O) groups excluding carboxylic acids is 1. The average molecular weight is 870 g/mol. The van der Waals surface area contributed by atoms with Crippen LogP contribution >= 0.6 is 0 Å². The summed E-state index contributed by atoms with van der Waals surface area (Å²) in [5, 5.41) is 3.23. The van der Waals surface area contributed by atoms with Gasteiger partial charge in [-0.25, -0.2) is 13.4 Å². The summed E-state index contributed by atoms with van der Waals surface area (Å²) in [4.78, 5) is 17.4. The predicted molar refractivity (Wildman–Crippen MR) is 259 cm³/mol. The van der Waals surface area contributed by atoms with E-state index in [0.29, 0.717) is 6.42 Å². The molecule has 0 spiro atoms. The van der Waals surface area contributed by atoms with Crippen molar-refractivity contribution in [1.29, 1.82) is 0 Å². The van der Waals surface area contributed by atoms with Crippen molar-refractivity contribution in [2.24, 2.45) is 4.99 Å². The fraction of sp³-hybridized carbons (Fsp3) is 0.961. The molecule has 1 aliphatic rings. The van der Waals surface area contributed by atoms with E-state index >= 15 is 0 Å². The Kier molecular flexibility index (Phi) is 43.8. The van der Waals surface area contributed by atoms with E-state index < -0.39 is 10.4 Å². The highest BCUT2D eigenvalue weighted by Gasteiger charge is 2.32. The summed E-state index contributed by atoms with van der Waals surface area (Å²) in [6.45, 7) is 8.44. The Morgan fingerprint density at radius 1 is 0.550 bits per heavy atom. The molecule has 9 heteroatoms. The number of amides is 1. The Balaban J connectivity index is 0.00000536. The van der Waals surface area contributed by atoms with Gasteiger partial charge in [-0.2, -0.15) is 0 Å². The standard InChI is InChI=1S/C50H99N3O.CH4O4S/c1-4-6-8-10-12-14-16-18-20-22-24-26-27-29-31-33-35-37-39-41-43-49-51-45-47-53(49,3)48-46-52-50(54)44-42-40-38-36-34-32-30-28-25-23-21-19-17-15-13-11-9-7-5-2;1-5-6(2,3)4/h4-48H2,1-3H3;1H3,(H,2,3,4). The molecule has 358 valence electrons. The predicted octanol–water partition coefficient (Wildman–Crippen LogP) is 15.1. The third kappa shape index (κ3) is 42.3. The molecule has 1 N–H and O–H groups in total. The lowest BCUT2D eigenvalue weighted by Crippen LogP contribution is -2.51. The van der Waals surface area contributed by atoms with Crippen molar-refractivity contribution in [2.75, 3.05) is 40.3 Å². The SMILES string of the molecule is CCCCCCCCCCCCCCCCCCCCCCC1=NCC[N+]1(C)CCNC(=O)CCCCCCCCCCCCCCCCCCCCC.COS(=O)(=O)[O-]. The second-order valence-corrected chi connectivity index (χ2v) is 19.8. The van der Waals surface area contributed by atoms with Crippen molar-refractivity contribution in [3.8, 4) is 0 Å². The summed E-state index contributed by atoms with van der Waals surface area (Å²) in [6, 6.07) is 0. The molecule has 1 heterocycles. The normalized spacial score (nSPS) is 15.2. The maximum absolute atomic E-state index is 12.5. The van der Waals surface area contributed by atoms with Gasteiger partial charge in [0, 0.05) is 12.8 Å². The first-order valence-corrected chi connectivity index (χ1v) is 27.7. The van der Waals surface area contributed by atoms with Crippen molar-refractivity contribution < 1.29 is 26.4 Å². The number of unbranched alkanes of at least 4 members (excludes halogenated alkanes) is 37. The second-order valence-electron chi connectivity index (χ2n) is 18.6. The van der Waals surface area contributed by atoms with Gasteiger partial charge in [0.2, 0.25) is 16.3 Å². The first-order valence-electron chi connectivity index (χ1n) is 26.3. The molecule has 8 nitrogen and oxygen atoms in total. The van der Waals surface area contributed by atoms with E-state index in [9.17, 15) is 17.8 Å². The molecule has 1 aliphatic heterocycles. The molecule has 0 fully saturated rings. The lowest BCUT2D eigenvalue weighted by atomic mass is 10.0. The third-order valence-electron chi connectivity index (χ3n) is 12.9. The largest absolute Gasteiger partial charge is 0.726 e. The lowest BCUT2D eigenvalue weighted by Gasteiger charge is -2.30. The first kappa shape index (κ1) is 59.0. The Morgan fingerprint density at radius 2 is 0.833 bits per heavy atom. The van der Waals surface area contributed by atoms with Gasteiger partial charge in [-0.1, -0.05) is 251 Å². The Hall–Kier alpha value is -1.03. The molecule has 60 heavy (non-hydrogen) atoms. The van der Waals surface area contributed by atoms with Crippen LogP contribution in [0.3, 0.4) is 0 Å². The quantitative estimate of drug-likeness (QED) is 0.0284. The third-order valence-corrected chi connectivity index (χ3v) is 13.3. The molecule has 0 aliphatic carbocycles. The number of hydrogen-bond acceptors (Lipinski definition) is 6. The van der Waals surface area contributed by atoms with Gasteiger partial charge in [0.15, 0.2) is 5.84 Å². The highest BCUT2D eigenvalue weighted by molar-refractivity contribution is 7.80. The number of likely N-dealkylation sites (N-methyl/N-ethyl adjacent to an activating group) is 1. The highest BCUT2D eigenvalue weighted by atomic mass is 32.3. The number of nitrogens with one attached hydrogen (secondary N) is 1. The molecule has 0 aromatic rings. The molecular formula is C51H103N3O5S. The summed E-state index contributed by atoms with van der Waals surface area (Å²) < 4.78 is 32.0. The van der Waals surface area contributed by atoms with Crippen molar-refractivity contribution in [3.05, 3.63) is 0 Å². The van der Waals surface area contributed by atoms with Crippen molar-refractivity contribution in [1.82, 2.24) is 5.32 Å². The fourth-order valence-corrected chi connectivity index (χ4v) is 8.72. The van der Waals surface area contributed by atoms with Crippen LogP contribution in [0.2, 0.25) is 0 Å². The molecule has 0 bridgehead atoms. The zero-order valence-corrected chi connectivity index (χ0v) is 41.5. The first-order chi connectivity index (χ1) is 29.2. The van der Waals surface area contributed by atoms with Crippen LogP contribution in [0, 0.1) is 0 Å². The van der Waals surface area contributed by atoms with Crippen molar-refractivity contribution >= 4 is 22.1 Å². The van der Waals surface area contributed by atoms with E-state index in [1.54, 1.807) is 0 Å². The summed E-state index contributed by atoms with van der Waals surface area (Å²) in [5.74, 6) is 1.63. The van der Waals surface area contributed by atoms with Gasteiger partial charge in [-0.15, -0.1) is 0 Å². The van der Waals surface area contributed by atoms with Crippen LogP contribution in [0.4, 0.5) is 0 Å². The van der Waals surface area contributed by atoms with Crippen LogP contribution in [0.25, 0.3) is 0 Å². The maximum Gasteiger partial charge on any atom is 0.220 e. The highest BCUT2D eigenvalue weighted by Crippen LogP contribution is 2.19. The van der Waals surface area contributed by atoms with E-state index in [-0.39, 0.29) is 5.91 Å². The van der Waals surface area contributed by atoms with Crippen molar-refractivity contribution in [2.45, 2.75) is 277 Å². The molecular weight excluding hydrogens is 767 g/mol. The number of aliphatic imine (C=N–C) groups is 1. The maximum atomic E-state index is 12.5. The second kappa shape index (κ2) is 44.6. The van der Waals surface area contributed by atoms with Gasteiger partial charge >= 0.3 is 0 Å². The number of amidine groups is 1. The van der Waals surface area contributed by atoms with Crippen molar-refractivity contribution in [3.63, 3.8) is 0 Å². The average Bonchev–Trinajstić information content (AvgIpc) is 3.60. The van der Waals surface area contributed by atoms with E-state index in [1.807, 2.05) is 0 Å². The number of rotatable bonds is 45. The molecule has 0 aromatic heterocycles. The van der Waals surface area contributed by atoms with Crippen LogP contribution in [0.15, 0.2) is 4.99 Å². The lowest BCUT2D eigenvalue weighted by molar-refractivity contribution is -0.814. The summed E-state index contributed by atoms with van der Waals surface area (Å²) >= 11 is 0. The summed E-state index contributed by atoms with van der Waals surface area (Å²) in [5.41, 5.74) is 0. The molecule has 0 radical (unpaired) electrons. The molecule has 0 saturated carbocycles. The smallest absolute Gasteiger partial charge is 0.220 e. The molecule has 1 atom stereocenters. The summed E-state index contributed by atoms with van der Waals surface area (Å²) in [7, 11) is -1.26. The van der Waals surface area contributed by atoms with E-state index in [4.69, 9.17) is 4.99 Å². The van der Waals surface area contributed by atoms with Gasteiger partial charge < -0.3 is 9.87 Å². The van der Waals surface area contributed by atoms with Gasteiger partial charge in [0.1, 0.15) is 13.1 Å². The van der Waals surface area contributed by atoms with Gasteiger partial charge in [0.25, 0.3) is 0 Å². The van der Waals surface area contributed by atoms with Crippen LogP contribution in [-0.4, -0.2) is 69.5 Å². The van der Waals surface area contributed by atoms with Crippen LogP contribution in [0.5, 0.6) is 0 Å². The fourth-order valence-electron chi connectivity index (χ4n) is 8.72. The molecule has 0 aromatic carbocycles. The minimum Gasteiger partial charge on any atom is -0.726 e. The molecule has 1 unspecified atom stereocenters. The number of hydrogen-bond donors (Lipinski definition) is 1. The van der Waals surface area contributed by atoms with Crippen LogP contribution in [0.1, 0.15) is 277 Å². The number of nitrogens with zero attached hydrogens (tertiary/aromatic N) is 2. The minimum atomic E-state index is -4.41. The molecule has 0 saturated heterocycles. The number of quaternary nitrogens is 1. The monoisotopic (exact) mass is 870 g/mol. The number of carbonyl (C=O) groups is 1. The van der Waals surface area contributed by atoms with Gasteiger partial charge in [-0.05, 0) is 12.8 Å². The topological polar surface area (TPSA) is 108 Å². The van der Waals surface area contributed by atoms with Gasteiger partial charge in [0.05, 0.1) is 27.2 Å². The molecule has 1 rings (SSSR count). The van der Waals surface area contributed by atoms with Crippen LogP contribution in [-0.2, 0) is 19.4 Å². The van der Waals surface area contributed by atoms with E-state index in [1.165, 1.54) is 250 Å². The van der Waals surface area contributed by atoms with Crippen LogP contribution < -0.4 is 5.32 Å². The molecule has 1 amide bonds. The Bertz CT molecular complexity index is 1060. The van der Waals surface area contributed by atoms with Gasteiger partial charge in [-0.3, -0.25) is 13.5 Å². The van der Waals surface area contributed by atoms with E-state index in [2.05, 4.69) is 30.4 Å². The Morgan fingerprint density at radius 3 is 1.13 bits per heavy atom.